The molecule has 0 spiro atoms. The molecule has 0 atom stereocenters. The molecule has 0 N–H and O–H groups in total. The highest BCUT2D eigenvalue weighted by molar-refractivity contribution is 5.98. The summed E-state index contributed by atoms with van der Waals surface area (Å²) in [7, 11) is 0. The summed E-state index contributed by atoms with van der Waals surface area (Å²) in [6, 6.07) is 12.1. The van der Waals surface area contributed by atoms with Crippen LogP contribution < -0.4 is 0 Å². The zero-order valence-electron chi connectivity index (χ0n) is 11.0. The second-order valence-corrected chi connectivity index (χ2v) is 5.18. The molecule has 1 aromatic carbocycles. The molecule has 0 saturated carbocycles. The second kappa shape index (κ2) is 4.30. The number of pyridine rings is 1. The maximum atomic E-state index is 12.0. The molecule has 0 aliphatic heterocycles. The smallest absolute Gasteiger partial charge is 0.164 e. The molecule has 0 bridgehead atoms. The number of fused-ring (bicyclic) bond motifs is 2. The number of ketones is 1. The Labute approximate surface area is 116 Å². The predicted octanol–water partition coefficient (Wildman–Crippen LogP) is 3.54. The van der Waals surface area contributed by atoms with Gasteiger partial charge in [-0.3, -0.25) is 9.78 Å². The zero-order chi connectivity index (χ0) is 13.5. The quantitative estimate of drug-likeness (QED) is 0.672. The van der Waals surface area contributed by atoms with Gasteiger partial charge in [-0.1, -0.05) is 18.2 Å². The van der Waals surface area contributed by atoms with Crippen molar-refractivity contribution in [2.24, 2.45) is 0 Å². The standard InChI is InChI=1S/C17H14N2O/c20-16-8-2-6-14-13(16)9-11-19(14)15-7-1-4-12-5-3-10-18-17(12)15/h1,3-5,7,9-11H,2,6,8H2. The van der Waals surface area contributed by atoms with Crippen molar-refractivity contribution in [2.45, 2.75) is 19.3 Å². The number of rotatable bonds is 1. The number of hydrogen-bond acceptors (Lipinski definition) is 2. The van der Waals surface area contributed by atoms with Crippen molar-refractivity contribution in [3.63, 3.8) is 0 Å². The van der Waals surface area contributed by atoms with Crippen LogP contribution in [-0.4, -0.2) is 15.3 Å². The van der Waals surface area contributed by atoms with E-state index in [2.05, 4.69) is 27.8 Å². The zero-order valence-corrected chi connectivity index (χ0v) is 11.0. The lowest BCUT2D eigenvalue weighted by Crippen LogP contribution is -2.12. The molecule has 2 heterocycles. The maximum absolute atomic E-state index is 12.0. The number of carbonyl (C=O) groups is 1. The van der Waals surface area contributed by atoms with E-state index >= 15 is 0 Å². The number of aromatic nitrogens is 2. The van der Waals surface area contributed by atoms with Crippen LogP contribution in [0.15, 0.2) is 48.8 Å². The molecule has 3 nitrogen and oxygen atoms in total. The van der Waals surface area contributed by atoms with E-state index in [0.29, 0.717) is 6.42 Å². The number of hydrogen-bond donors (Lipinski definition) is 0. The van der Waals surface area contributed by atoms with Gasteiger partial charge in [-0.05, 0) is 31.0 Å². The average molecular weight is 262 g/mol. The van der Waals surface area contributed by atoms with E-state index in [0.717, 1.165) is 40.7 Å². The summed E-state index contributed by atoms with van der Waals surface area (Å²) in [6.07, 6.45) is 6.38. The van der Waals surface area contributed by atoms with Crippen LogP contribution in [0.25, 0.3) is 16.6 Å². The lowest BCUT2D eigenvalue weighted by Gasteiger charge is -2.16. The lowest BCUT2D eigenvalue weighted by molar-refractivity contribution is 0.0972. The fourth-order valence-corrected chi connectivity index (χ4v) is 3.03. The molecule has 98 valence electrons. The fourth-order valence-electron chi connectivity index (χ4n) is 3.03. The van der Waals surface area contributed by atoms with Crippen molar-refractivity contribution in [1.82, 2.24) is 9.55 Å². The van der Waals surface area contributed by atoms with Crippen LogP contribution in [0.2, 0.25) is 0 Å². The molecule has 0 unspecified atom stereocenters. The lowest BCUT2D eigenvalue weighted by atomic mass is 9.96. The summed E-state index contributed by atoms with van der Waals surface area (Å²) in [6.45, 7) is 0. The Morgan fingerprint density at radius 3 is 2.90 bits per heavy atom. The molecule has 0 saturated heterocycles. The number of Topliss-reactive ketones (excluding diaryl/α,β-unsaturated/α-hetero) is 1. The molecule has 2 aromatic heterocycles. The van der Waals surface area contributed by atoms with E-state index in [1.54, 1.807) is 0 Å². The van der Waals surface area contributed by atoms with Crippen LogP contribution in [-0.2, 0) is 6.42 Å². The van der Waals surface area contributed by atoms with E-state index in [1.807, 2.05) is 30.6 Å². The Morgan fingerprint density at radius 1 is 1.05 bits per heavy atom. The van der Waals surface area contributed by atoms with E-state index in [1.165, 1.54) is 0 Å². The SMILES string of the molecule is O=C1CCCc2c1ccn2-c1cccc2cccnc12. The number of para-hydroxylation sites is 1. The van der Waals surface area contributed by atoms with E-state index in [4.69, 9.17) is 0 Å². The molecule has 0 fully saturated rings. The first-order chi connectivity index (χ1) is 9.84. The van der Waals surface area contributed by atoms with Gasteiger partial charge in [-0.15, -0.1) is 0 Å². The second-order valence-electron chi connectivity index (χ2n) is 5.18. The minimum atomic E-state index is 0.262. The Hall–Kier alpha value is -2.42. The highest BCUT2D eigenvalue weighted by Gasteiger charge is 2.21. The van der Waals surface area contributed by atoms with Gasteiger partial charge in [0.25, 0.3) is 0 Å². The molecule has 1 aliphatic rings. The van der Waals surface area contributed by atoms with Crippen LogP contribution in [0.3, 0.4) is 0 Å². The van der Waals surface area contributed by atoms with Gasteiger partial charge in [0, 0.05) is 35.5 Å². The number of nitrogens with zero attached hydrogens (tertiary/aromatic N) is 2. The summed E-state index contributed by atoms with van der Waals surface area (Å²) < 4.78 is 2.13. The Bertz CT molecular complexity index is 811. The van der Waals surface area contributed by atoms with Crippen LogP contribution in [0.1, 0.15) is 28.9 Å². The maximum Gasteiger partial charge on any atom is 0.164 e. The van der Waals surface area contributed by atoms with Gasteiger partial charge in [-0.2, -0.15) is 0 Å². The van der Waals surface area contributed by atoms with Crippen molar-refractivity contribution in [2.75, 3.05) is 0 Å². The Kier molecular flexibility index (Phi) is 2.46. The molecular formula is C17H14N2O. The summed E-state index contributed by atoms with van der Waals surface area (Å²) in [5.74, 6) is 0.262. The summed E-state index contributed by atoms with van der Waals surface area (Å²) >= 11 is 0. The normalized spacial score (nSPS) is 14.5. The third kappa shape index (κ3) is 1.59. The number of benzene rings is 1. The van der Waals surface area contributed by atoms with Gasteiger partial charge in [0.15, 0.2) is 5.78 Å². The number of carbonyl (C=O) groups excluding carboxylic acids is 1. The summed E-state index contributed by atoms with van der Waals surface area (Å²) in [5.41, 5.74) is 4.04. The van der Waals surface area contributed by atoms with Gasteiger partial charge in [0.05, 0.1) is 11.2 Å². The molecule has 0 amide bonds. The third-order valence-electron chi connectivity index (χ3n) is 3.98. The fraction of sp³-hybridized carbons (Fsp3) is 0.176. The first-order valence-electron chi connectivity index (χ1n) is 6.92. The molecule has 4 rings (SSSR count). The van der Waals surface area contributed by atoms with Crippen molar-refractivity contribution in [3.8, 4) is 5.69 Å². The first-order valence-corrected chi connectivity index (χ1v) is 6.92. The van der Waals surface area contributed by atoms with Crippen molar-refractivity contribution < 1.29 is 4.79 Å². The van der Waals surface area contributed by atoms with E-state index in [-0.39, 0.29) is 5.78 Å². The topological polar surface area (TPSA) is 34.9 Å². The van der Waals surface area contributed by atoms with Crippen molar-refractivity contribution in [1.29, 1.82) is 0 Å². The molecule has 20 heavy (non-hydrogen) atoms. The van der Waals surface area contributed by atoms with Gasteiger partial charge in [-0.25, -0.2) is 0 Å². The molecule has 0 radical (unpaired) electrons. The minimum absolute atomic E-state index is 0.262. The molecule has 1 aliphatic carbocycles. The third-order valence-corrected chi connectivity index (χ3v) is 3.98. The van der Waals surface area contributed by atoms with Crippen LogP contribution in [0, 0.1) is 0 Å². The predicted molar refractivity (Wildman–Crippen MR) is 78.3 cm³/mol. The van der Waals surface area contributed by atoms with Gasteiger partial charge < -0.3 is 4.57 Å². The molecule has 3 aromatic rings. The van der Waals surface area contributed by atoms with E-state index < -0.39 is 0 Å². The van der Waals surface area contributed by atoms with Gasteiger partial charge in [0.1, 0.15) is 0 Å². The van der Waals surface area contributed by atoms with E-state index in [9.17, 15) is 4.79 Å². The summed E-state index contributed by atoms with van der Waals surface area (Å²) in [5, 5.41) is 1.12. The molecular weight excluding hydrogens is 248 g/mol. The molecule has 3 heteroatoms. The average Bonchev–Trinajstić information content (AvgIpc) is 2.92. The highest BCUT2D eigenvalue weighted by Crippen LogP contribution is 2.28. The minimum Gasteiger partial charge on any atom is -0.318 e. The van der Waals surface area contributed by atoms with Crippen LogP contribution in [0.4, 0.5) is 0 Å². The summed E-state index contributed by atoms with van der Waals surface area (Å²) in [4.78, 5) is 16.5. The van der Waals surface area contributed by atoms with Crippen molar-refractivity contribution >= 4 is 16.7 Å². The largest absolute Gasteiger partial charge is 0.318 e. The van der Waals surface area contributed by atoms with Gasteiger partial charge in [0.2, 0.25) is 0 Å². The Balaban J connectivity index is 1.99. The highest BCUT2D eigenvalue weighted by atomic mass is 16.1. The van der Waals surface area contributed by atoms with Crippen molar-refractivity contribution in [3.05, 3.63) is 60.0 Å². The van der Waals surface area contributed by atoms with Gasteiger partial charge >= 0.3 is 0 Å². The van der Waals surface area contributed by atoms with Crippen LogP contribution in [0.5, 0.6) is 0 Å². The Morgan fingerprint density at radius 2 is 1.95 bits per heavy atom. The van der Waals surface area contributed by atoms with Crippen LogP contribution >= 0.6 is 0 Å². The first kappa shape index (κ1) is 11.4. The monoisotopic (exact) mass is 262 g/mol.